The van der Waals surface area contributed by atoms with Gasteiger partial charge in [0.25, 0.3) is 0 Å². The van der Waals surface area contributed by atoms with Gasteiger partial charge in [-0.3, -0.25) is 14.4 Å². The minimum Gasteiger partial charge on any atom is -0.406 e. The zero-order valence-electron chi connectivity index (χ0n) is 22.9. The molecule has 16 heteroatoms. The summed E-state index contributed by atoms with van der Waals surface area (Å²) in [5.41, 5.74) is 16.7. The van der Waals surface area contributed by atoms with Gasteiger partial charge in [0.05, 0.1) is 18.0 Å². The fourth-order valence-corrected chi connectivity index (χ4v) is 3.94. The van der Waals surface area contributed by atoms with Crippen LogP contribution in [0.1, 0.15) is 36.0 Å². The van der Waals surface area contributed by atoms with Gasteiger partial charge in [0, 0.05) is 19.0 Å². The number of amides is 3. The number of ether oxygens (including phenoxy) is 1. The summed E-state index contributed by atoms with van der Waals surface area (Å²) in [7, 11) is 0. The van der Waals surface area contributed by atoms with Crippen molar-refractivity contribution in [2.24, 2.45) is 17.2 Å². The van der Waals surface area contributed by atoms with E-state index in [4.69, 9.17) is 17.2 Å². The van der Waals surface area contributed by atoms with E-state index in [9.17, 15) is 40.7 Å². The minimum absolute atomic E-state index is 0.164. The SMILES string of the molecule is NCCC(CCN)NC(=O)C[C@H](N)C(=O)N[C@@H](Cc1ccc(C(F)(F)F)cc1)C(=O)NCc1ccc(OC(F)(F)F)cc1. The minimum atomic E-state index is -4.88. The third-order valence-corrected chi connectivity index (χ3v) is 6.12. The summed E-state index contributed by atoms with van der Waals surface area (Å²) >= 11 is 0. The summed E-state index contributed by atoms with van der Waals surface area (Å²) < 4.78 is 79.8. The van der Waals surface area contributed by atoms with Gasteiger partial charge < -0.3 is 37.9 Å². The number of carbonyl (C=O) groups excluding carboxylic acids is 3. The number of hydrogen-bond donors (Lipinski definition) is 6. The van der Waals surface area contributed by atoms with Crippen LogP contribution in [0, 0.1) is 0 Å². The Morgan fingerprint density at radius 2 is 1.35 bits per heavy atom. The molecule has 2 rings (SSSR count). The molecule has 0 fully saturated rings. The Bertz CT molecular complexity index is 1190. The number of rotatable bonds is 15. The maximum atomic E-state index is 13.0. The van der Waals surface area contributed by atoms with Gasteiger partial charge in [-0.2, -0.15) is 13.2 Å². The predicted octanol–water partition coefficient (Wildman–Crippen LogP) is 1.85. The van der Waals surface area contributed by atoms with E-state index in [1.54, 1.807) is 0 Å². The maximum Gasteiger partial charge on any atom is 0.573 e. The highest BCUT2D eigenvalue weighted by Gasteiger charge is 2.32. The Morgan fingerprint density at radius 1 is 0.791 bits per heavy atom. The molecule has 43 heavy (non-hydrogen) atoms. The molecule has 0 saturated carbocycles. The van der Waals surface area contributed by atoms with E-state index in [0.29, 0.717) is 31.5 Å². The van der Waals surface area contributed by atoms with Gasteiger partial charge in [-0.1, -0.05) is 24.3 Å². The van der Waals surface area contributed by atoms with Crippen molar-refractivity contribution in [3.63, 3.8) is 0 Å². The summed E-state index contributed by atoms with van der Waals surface area (Å²) in [6.07, 6.45) is -9.21. The molecule has 0 aliphatic carbocycles. The molecule has 0 aromatic heterocycles. The molecule has 0 aliphatic heterocycles. The quantitative estimate of drug-likeness (QED) is 0.165. The van der Waals surface area contributed by atoms with Gasteiger partial charge in [0.1, 0.15) is 11.8 Å². The molecule has 0 spiro atoms. The van der Waals surface area contributed by atoms with Crippen LogP contribution in [0.15, 0.2) is 48.5 Å². The zero-order valence-corrected chi connectivity index (χ0v) is 22.9. The van der Waals surface area contributed by atoms with Crippen LogP contribution in [0.5, 0.6) is 5.75 Å². The first-order valence-electron chi connectivity index (χ1n) is 13.1. The van der Waals surface area contributed by atoms with Gasteiger partial charge in [0.2, 0.25) is 17.7 Å². The Balaban J connectivity index is 2.11. The third-order valence-electron chi connectivity index (χ3n) is 6.12. The summed E-state index contributed by atoms with van der Waals surface area (Å²) in [5.74, 6) is -2.64. The number of alkyl halides is 6. The highest BCUT2D eigenvalue weighted by atomic mass is 19.4. The Kier molecular flexibility index (Phi) is 13.2. The lowest BCUT2D eigenvalue weighted by Crippen LogP contribution is -2.53. The van der Waals surface area contributed by atoms with Crippen LogP contribution in [-0.2, 0) is 33.5 Å². The molecule has 0 saturated heterocycles. The second-order valence-corrected chi connectivity index (χ2v) is 9.60. The van der Waals surface area contributed by atoms with Gasteiger partial charge in [-0.15, -0.1) is 13.2 Å². The maximum absolute atomic E-state index is 13.0. The standard InChI is InChI=1S/C27H34F6N6O4/c28-26(29,30)18-5-1-16(2-6-18)13-22(25(42)37-15-17-3-7-20(8-4-17)43-27(31,32)33)39-24(41)21(36)14-23(40)38-19(9-11-34)10-12-35/h1-8,19,21-22H,9-15,34-36H2,(H,37,42)(H,38,40)(H,39,41)/t21-,22-/m0/s1. The van der Waals surface area contributed by atoms with E-state index < -0.39 is 60.1 Å². The summed E-state index contributed by atoms with van der Waals surface area (Å²) in [4.78, 5) is 38.3. The molecule has 3 amide bonds. The van der Waals surface area contributed by atoms with E-state index in [2.05, 4.69) is 20.7 Å². The number of nitrogens with two attached hydrogens (primary N) is 3. The smallest absolute Gasteiger partial charge is 0.406 e. The fraction of sp³-hybridized carbons (Fsp3) is 0.444. The van der Waals surface area contributed by atoms with E-state index in [0.717, 1.165) is 36.4 Å². The molecule has 9 N–H and O–H groups in total. The van der Waals surface area contributed by atoms with Crippen molar-refractivity contribution < 1.29 is 45.5 Å². The van der Waals surface area contributed by atoms with E-state index >= 15 is 0 Å². The molecule has 0 bridgehead atoms. The van der Waals surface area contributed by atoms with Crippen LogP contribution in [0.2, 0.25) is 0 Å². The number of hydrogen-bond acceptors (Lipinski definition) is 7. The van der Waals surface area contributed by atoms with Crippen LogP contribution in [0.4, 0.5) is 26.3 Å². The number of benzene rings is 2. The van der Waals surface area contributed by atoms with Crippen molar-refractivity contribution in [3.05, 3.63) is 65.2 Å². The van der Waals surface area contributed by atoms with Crippen LogP contribution >= 0.6 is 0 Å². The Hall–Kier alpha value is -3.89. The second kappa shape index (κ2) is 16.1. The second-order valence-electron chi connectivity index (χ2n) is 9.60. The van der Waals surface area contributed by atoms with E-state index in [1.807, 2.05) is 0 Å². The van der Waals surface area contributed by atoms with Crippen molar-refractivity contribution in [2.75, 3.05) is 13.1 Å². The van der Waals surface area contributed by atoms with Gasteiger partial charge >= 0.3 is 12.5 Å². The Labute approximate surface area is 243 Å². The van der Waals surface area contributed by atoms with Gasteiger partial charge in [-0.25, -0.2) is 0 Å². The number of nitrogens with one attached hydrogen (secondary N) is 3. The van der Waals surface area contributed by atoms with E-state index in [1.165, 1.54) is 12.1 Å². The monoisotopic (exact) mass is 620 g/mol. The van der Waals surface area contributed by atoms with Crippen LogP contribution in [0.25, 0.3) is 0 Å². The highest BCUT2D eigenvalue weighted by molar-refractivity contribution is 5.92. The van der Waals surface area contributed by atoms with Crippen LogP contribution < -0.4 is 37.9 Å². The van der Waals surface area contributed by atoms with Crippen LogP contribution in [0.3, 0.4) is 0 Å². The summed E-state index contributed by atoms with van der Waals surface area (Å²) in [5, 5.41) is 7.64. The average molecular weight is 621 g/mol. The summed E-state index contributed by atoms with van der Waals surface area (Å²) in [6.45, 7) is 0.427. The Morgan fingerprint density at radius 3 is 1.86 bits per heavy atom. The lowest BCUT2D eigenvalue weighted by Gasteiger charge is -2.22. The highest BCUT2D eigenvalue weighted by Crippen LogP contribution is 2.29. The molecular formula is C27H34F6N6O4. The van der Waals surface area contributed by atoms with Gasteiger partial charge in [0.15, 0.2) is 0 Å². The molecule has 0 radical (unpaired) electrons. The first-order chi connectivity index (χ1) is 20.1. The average Bonchev–Trinajstić information content (AvgIpc) is 2.91. The number of halogens is 6. The lowest BCUT2D eigenvalue weighted by molar-refractivity contribution is -0.274. The molecule has 10 nitrogen and oxygen atoms in total. The molecule has 0 aliphatic rings. The summed E-state index contributed by atoms with van der Waals surface area (Å²) in [6, 6.07) is 5.59. The molecule has 238 valence electrons. The van der Waals surface area contributed by atoms with Crippen molar-refractivity contribution in [3.8, 4) is 5.75 Å². The van der Waals surface area contributed by atoms with Crippen molar-refractivity contribution in [1.82, 2.24) is 16.0 Å². The zero-order chi connectivity index (χ0) is 32.2. The first kappa shape index (κ1) is 35.3. The molecular weight excluding hydrogens is 586 g/mol. The topological polar surface area (TPSA) is 175 Å². The van der Waals surface area contributed by atoms with Crippen molar-refractivity contribution in [1.29, 1.82) is 0 Å². The molecule has 2 atom stereocenters. The largest absolute Gasteiger partial charge is 0.573 e. The first-order valence-corrected chi connectivity index (χ1v) is 13.1. The molecule has 0 heterocycles. The lowest BCUT2D eigenvalue weighted by atomic mass is 10.0. The van der Waals surface area contributed by atoms with Crippen LogP contribution in [-0.4, -0.2) is 55.3 Å². The fourth-order valence-electron chi connectivity index (χ4n) is 3.94. The third kappa shape index (κ3) is 12.9. The van der Waals surface area contributed by atoms with Gasteiger partial charge in [-0.05, 0) is 61.3 Å². The molecule has 0 unspecified atom stereocenters. The molecule has 2 aromatic rings. The van der Waals surface area contributed by atoms with Crippen molar-refractivity contribution in [2.45, 2.75) is 62.9 Å². The normalized spacial score (nSPS) is 13.3. The van der Waals surface area contributed by atoms with Crippen molar-refractivity contribution >= 4 is 17.7 Å². The molecule has 2 aromatic carbocycles. The predicted molar refractivity (Wildman–Crippen MR) is 144 cm³/mol. The number of carbonyl (C=O) groups is 3. The van der Waals surface area contributed by atoms with E-state index in [-0.39, 0.29) is 24.6 Å².